The topological polar surface area (TPSA) is 184 Å². The van der Waals surface area contributed by atoms with E-state index in [9.17, 15) is 27.6 Å². The van der Waals surface area contributed by atoms with Crippen LogP contribution < -0.4 is 31.5 Å². The first-order chi connectivity index (χ1) is 25.6. The SMILES string of the molecule is Cc1cn(CCCCOc2ccc(C(N)NC(=O)OC(C)(C)C)cc2)c(=NC(=O)C(F)(F)F)n1CCCCOc1ccc(C(=N)NC(=O)OC(C)(C)C)cc1. The summed E-state index contributed by atoms with van der Waals surface area (Å²) in [6.07, 6.45) is -3.43. The van der Waals surface area contributed by atoms with Crippen LogP contribution >= 0.6 is 0 Å². The Morgan fingerprint density at radius 2 is 1.31 bits per heavy atom. The Kier molecular flexibility index (Phi) is 15.5. The number of nitrogens with one attached hydrogen (secondary N) is 3. The lowest BCUT2D eigenvalue weighted by Crippen LogP contribution is -2.38. The molecule has 0 aliphatic heterocycles. The summed E-state index contributed by atoms with van der Waals surface area (Å²) in [6.45, 7) is 13.4. The van der Waals surface area contributed by atoms with Crippen LogP contribution in [0.15, 0.2) is 59.7 Å². The normalized spacial score (nSPS) is 12.8. The maximum absolute atomic E-state index is 13.2. The second-order valence-electron chi connectivity index (χ2n) is 14.7. The fraction of sp³-hybridized carbons (Fsp3) is 0.500. The molecule has 0 fully saturated rings. The Bertz CT molecular complexity index is 1820. The van der Waals surface area contributed by atoms with Gasteiger partial charge in [-0.1, -0.05) is 12.1 Å². The highest BCUT2D eigenvalue weighted by Gasteiger charge is 2.39. The number of ether oxygens (including phenoxy) is 4. The highest BCUT2D eigenvalue weighted by molar-refractivity contribution is 6.04. The first-order valence-corrected chi connectivity index (χ1v) is 17.8. The number of amidine groups is 1. The third-order valence-corrected chi connectivity index (χ3v) is 7.50. The first-order valence-electron chi connectivity index (χ1n) is 17.8. The van der Waals surface area contributed by atoms with Crippen LogP contribution in [0.5, 0.6) is 11.5 Å². The molecule has 55 heavy (non-hydrogen) atoms. The zero-order valence-electron chi connectivity index (χ0n) is 32.3. The molecule has 3 rings (SSSR count). The Morgan fingerprint density at radius 1 is 0.800 bits per heavy atom. The molecule has 2 aromatic carbocycles. The second kappa shape index (κ2) is 19.3. The maximum Gasteiger partial charge on any atom is 0.473 e. The van der Waals surface area contributed by atoms with Gasteiger partial charge in [-0.2, -0.15) is 18.2 Å². The van der Waals surface area contributed by atoms with E-state index in [1.165, 1.54) is 0 Å². The van der Waals surface area contributed by atoms with Crippen LogP contribution in [0.25, 0.3) is 0 Å². The van der Waals surface area contributed by atoms with Crippen molar-refractivity contribution in [3.8, 4) is 11.5 Å². The van der Waals surface area contributed by atoms with Crippen LogP contribution in [-0.4, -0.2) is 63.7 Å². The number of unbranched alkanes of at least 4 members (excludes halogenated alkanes) is 2. The van der Waals surface area contributed by atoms with E-state index in [1.807, 2.05) is 0 Å². The van der Waals surface area contributed by atoms with Gasteiger partial charge in [-0.15, -0.1) is 0 Å². The largest absolute Gasteiger partial charge is 0.494 e. The highest BCUT2D eigenvalue weighted by Crippen LogP contribution is 2.18. The zero-order valence-corrected chi connectivity index (χ0v) is 32.3. The number of carbonyl (C=O) groups excluding carboxylic acids is 3. The summed E-state index contributed by atoms with van der Waals surface area (Å²) in [5.74, 6) is -1.20. The molecule has 0 bridgehead atoms. The van der Waals surface area contributed by atoms with E-state index in [4.69, 9.17) is 30.1 Å². The van der Waals surface area contributed by atoms with Gasteiger partial charge in [0, 0.05) is 30.5 Å². The van der Waals surface area contributed by atoms with Crippen LogP contribution in [0.2, 0.25) is 0 Å². The van der Waals surface area contributed by atoms with Crippen LogP contribution in [-0.2, 0) is 27.4 Å². The van der Waals surface area contributed by atoms with Crippen molar-refractivity contribution in [1.29, 1.82) is 5.41 Å². The monoisotopic (exact) mass is 775 g/mol. The lowest BCUT2D eigenvalue weighted by Gasteiger charge is -2.22. The third kappa shape index (κ3) is 15.5. The number of nitrogens with two attached hydrogens (primary N) is 1. The molecule has 3 amide bonds. The van der Waals surface area contributed by atoms with Crippen molar-refractivity contribution in [3.63, 3.8) is 0 Å². The number of hydrogen-bond acceptors (Lipinski definition) is 9. The minimum atomic E-state index is -5.12. The summed E-state index contributed by atoms with van der Waals surface area (Å²) in [5.41, 5.74) is 6.36. The van der Waals surface area contributed by atoms with Gasteiger partial charge in [0.15, 0.2) is 0 Å². The minimum Gasteiger partial charge on any atom is -0.494 e. The lowest BCUT2D eigenvalue weighted by molar-refractivity contribution is -0.169. The number of aromatic nitrogens is 2. The molecule has 0 aliphatic carbocycles. The molecule has 1 unspecified atom stereocenters. The minimum absolute atomic E-state index is 0.0911. The van der Waals surface area contributed by atoms with Crippen LogP contribution in [0.1, 0.15) is 90.2 Å². The smallest absolute Gasteiger partial charge is 0.473 e. The van der Waals surface area contributed by atoms with Gasteiger partial charge in [-0.25, -0.2) is 9.59 Å². The number of rotatable bonds is 15. The molecule has 0 radical (unpaired) electrons. The van der Waals surface area contributed by atoms with E-state index in [1.54, 1.807) is 112 Å². The first kappa shape index (κ1) is 44.1. The van der Waals surface area contributed by atoms with Crippen molar-refractivity contribution in [2.24, 2.45) is 10.7 Å². The van der Waals surface area contributed by atoms with E-state index in [0.29, 0.717) is 80.3 Å². The quantitative estimate of drug-likeness (QED) is 0.0573. The van der Waals surface area contributed by atoms with E-state index in [0.717, 1.165) is 0 Å². The van der Waals surface area contributed by atoms with Crippen molar-refractivity contribution in [2.45, 2.75) is 111 Å². The molecular weight excluding hydrogens is 723 g/mol. The van der Waals surface area contributed by atoms with Gasteiger partial charge >= 0.3 is 24.3 Å². The Morgan fingerprint density at radius 3 is 1.84 bits per heavy atom. The molecular formula is C38H52F3N7O7. The van der Waals surface area contributed by atoms with E-state index < -0.39 is 41.6 Å². The van der Waals surface area contributed by atoms with Crippen molar-refractivity contribution in [1.82, 2.24) is 19.8 Å². The Labute approximate surface area is 318 Å². The number of carbonyl (C=O) groups is 3. The van der Waals surface area contributed by atoms with Crippen LogP contribution in [0, 0.1) is 12.3 Å². The molecule has 0 saturated heterocycles. The summed E-state index contributed by atoms with van der Waals surface area (Å²) < 4.78 is 64.8. The van der Waals surface area contributed by atoms with Gasteiger partial charge in [0.05, 0.1) is 13.2 Å². The number of nitrogens with zero attached hydrogens (tertiary/aromatic N) is 3. The van der Waals surface area contributed by atoms with Gasteiger partial charge in [-0.05, 0) is 116 Å². The number of hydrogen-bond donors (Lipinski definition) is 4. The van der Waals surface area contributed by atoms with E-state index >= 15 is 0 Å². The number of benzene rings is 2. The standard InChI is InChI=1S/C38H52F3N7O7/c1-25-24-47(20-8-10-22-52-28-16-12-26(13-17-28)30(42)44-34(50)54-36(2,3)4)33(46-32(49)38(39,40)41)48(25)21-9-11-23-53-29-18-14-27(15-19-29)31(43)45-35(51)55-37(5,6)7/h12-19,24,30H,8-11,20-23,42H2,1-7H3,(H,44,50)(H2,43,45,51). The van der Waals surface area contributed by atoms with Gasteiger partial charge in [0.25, 0.3) is 0 Å². The molecule has 0 aliphatic rings. The molecule has 3 aromatic rings. The molecule has 0 spiro atoms. The second-order valence-corrected chi connectivity index (χ2v) is 14.7. The van der Waals surface area contributed by atoms with Crippen molar-refractivity contribution < 1.29 is 46.5 Å². The molecule has 1 aromatic heterocycles. The number of alkyl halides is 3. The highest BCUT2D eigenvalue weighted by atomic mass is 19.4. The summed E-state index contributed by atoms with van der Waals surface area (Å²) >= 11 is 0. The lowest BCUT2D eigenvalue weighted by atomic mass is 10.1. The molecule has 14 nitrogen and oxygen atoms in total. The Hall–Kier alpha value is -5.32. The molecule has 17 heteroatoms. The number of alkyl carbamates (subject to hydrolysis) is 2. The van der Waals surface area contributed by atoms with Gasteiger partial charge in [-0.3, -0.25) is 15.5 Å². The van der Waals surface area contributed by atoms with Gasteiger partial charge < -0.3 is 39.1 Å². The molecule has 0 saturated carbocycles. The number of halogens is 3. The molecule has 1 atom stereocenters. The van der Waals surface area contributed by atoms with Crippen LogP contribution in [0.3, 0.4) is 0 Å². The number of amides is 3. The third-order valence-electron chi connectivity index (χ3n) is 7.50. The predicted molar refractivity (Wildman–Crippen MR) is 199 cm³/mol. The molecule has 5 N–H and O–H groups in total. The average molecular weight is 776 g/mol. The van der Waals surface area contributed by atoms with Crippen molar-refractivity contribution >= 4 is 23.9 Å². The molecule has 302 valence electrons. The average Bonchev–Trinajstić information content (AvgIpc) is 3.35. The van der Waals surface area contributed by atoms with Gasteiger partial charge in [0.2, 0.25) is 5.62 Å². The summed E-state index contributed by atoms with van der Waals surface area (Å²) in [4.78, 5) is 39.3. The maximum atomic E-state index is 13.2. The van der Waals surface area contributed by atoms with E-state index in [2.05, 4.69) is 15.6 Å². The zero-order chi connectivity index (χ0) is 41.0. The fourth-order valence-electron chi connectivity index (χ4n) is 5.01. The van der Waals surface area contributed by atoms with Crippen molar-refractivity contribution in [3.05, 3.63) is 77.2 Å². The molecule has 1 heterocycles. The van der Waals surface area contributed by atoms with E-state index in [-0.39, 0.29) is 11.5 Å². The number of aryl methyl sites for hydroxylation is 2. The Balaban J connectivity index is 1.51. The summed E-state index contributed by atoms with van der Waals surface area (Å²) in [5, 5.41) is 13.0. The summed E-state index contributed by atoms with van der Waals surface area (Å²) in [6, 6.07) is 13.4. The number of imidazole rings is 1. The summed E-state index contributed by atoms with van der Waals surface area (Å²) in [7, 11) is 0. The van der Waals surface area contributed by atoms with Crippen LogP contribution in [0.4, 0.5) is 22.8 Å². The fourth-order valence-corrected chi connectivity index (χ4v) is 5.01. The van der Waals surface area contributed by atoms with Crippen molar-refractivity contribution in [2.75, 3.05) is 13.2 Å². The van der Waals surface area contributed by atoms with Gasteiger partial charge in [0.1, 0.15) is 34.7 Å². The predicted octanol–water partition coefficient (Wildman–Crippen LogP) is 6.64.